The van der Waals surface area contributed by atoms with E-state index in [0.717, 1.165) is 16.4 Å². The highest BCUT2D eigenvalue weighted by molar-refractivity contribution is 14.1. The first-order chi connectivity index (χ1) is 5.85. The molecule has 0 radical (unpaired) electrons. The number of alkyl halides is 1. The lowest BCUT2D eigenvalue weighted by molar-refractivity contribution is -0.148. The van der Waals surface area contributed by atoms with Crippen LogP contribution in [0.25, 0.3) is 0 Å². The summed E-state index contributed by atoms with van der Waals surface area (Å²) in [5, 5.41) is 0. The van der Waals surface area contributed by atoms with Crippen molar-refractivity contribution >= 4 is 28.6 Å². The molecule has 0 spiro atoms. The van der Waals surface area contributed by atoms with Crippen molar-refractivity contribution in [3.63, 3.8) is 0 Å². The molecule has 0 aromatic rings. The lowest BCUT2D eigenvalue weighted by atomic mass is 10.2. The molecular formula is C10H17IO2. The maximum absolute atomic E-state index is 11.2. The highest BCUT2D eigenvalue weighted by atomic mass is 127. The number of hydrogen-bond acceptors (Lipinski definition) is 2. The van der Waals surface area contributed by atoms with E-state index in [4.69, 9.17) is 4.74 Å². The first-order valence-corrected chi connectivity index (χ1v) is 5.84. The Morgan fingerprint density at radius 2 is 2.00 bits per heavy atom. The molecule has 0 N–H and O–H groups in total. The topological polar surface area (TPSA) is 26.3 Å². The molecule has 0 aliphatic rings. The van der Waals surface area contributed by atoms with Crippen molar-refractivity contribution in [1.29, 1.82) is 0 Å². The van der Waals surface area contributed by atoms with Crippen molar-refractivity contribution in [3.8, 4) is 0 Å². The largest absolute Gasteiger partial charge is 0.457 e. The first-order valence-electron chi connectivity index (χ1n) is 4.31. The van der Waals surface area contributed by atoms with E-state index in [0.29, 0.717) is 0 Å². The monoisotopic (exact) mass is 296 g/mol. The summed E-state index contributed by atoms with van der Waals surface area (Å²) < 4.78 is 6.17. The van der Waals surface area contributed by atoms with E-state index in [-0.39, 0.29) is 5.97 Å². The minimum atomic E-state index is -0.391. The van der Waals surface area contributed by atoms with Crippen molar-refractivity contribution in [3.05, 3.63) is 11.6 Å². The second-order valence-corrected chi connectivity index (χ2v) is 5.04. The molecule has 0 aliphatic heterocycles. The fraction of sp³-hybridized carbons (Fsp3) is 0.700. The van der Waals surface area contributed by atoms with E-state index >= 15 is 0 Å². The third kappa shape index (κ3) is 8.28. The van der Waals surface area contributed by atoms with E-state index in [9.17, 15) is 4.79 Å². The Bertz CT molecular complexity index is 201. The van der Waals surface area contributed by atoms with Crippen molar-refractivity contribution in [2.45, 2.75) is 39.7 Å². The van der Waals surface area contributed by atoms with Crippen LogP contribution in [0.5, 0.6) is 0 Å². The predicted octanol–water partition coefficient (Wildman–Crippen LogP) is 3.10. The number of esters is 1. The molecule has 0 atom stereocenters. The fourth-order valence-corrected chi connectivity index (χ4v) is 1.60. The lowest BCUT2D eigenvalue weighted by Gasteiger charge is -2.18. The minimum absolute atomic E-state index is 0.241. The summed E-state index contributed by atoms with van der Waals surface area (Å²) in [6, 6.07) is 0. The number of carbonyl (C=O) groups excluding carboxylic acids is 1. The molecule has 0 saturated carbocycles. The molecule has 0 saturated heterocycles. The molecule has 0 unspecified atom stereocenters. The molecule has 0 fully saturated rings. The Morgan fingerprint density at radius 1 is 1.46 bits per heavy atom. The molecule has 3 heteroatoms. The van der Waals surface area contributed by atoms with Gasteiger partial charge in [0.15, 0.2) is 0 Å². The van der Waals surface area contributed by atoms with Crippen molar-refractivity contribution < 1.29 is 9.53 Å². The summed E-state index contributed by atoms with van der Waals surface area (Å²) in [6.07, 6.45) is 2.52. The van der Waals surface area contributed by atoms with Crippen LogP contribution in [0.4, 0.5) is 0 Å². The SMILES string of the molecule is CC(=CC(=O)OC(C)(C)C)CCI. The van der Waals surface area contributed by atoms with Gasteiger partial charge in [-0.15, -0.1) is 0 Å². The zero-order valence-corrected chi connectivity index (χ0v) is 10.8. The Morgan fingerprint density at radius 3 is 2.38 bits per heavy atom. The van der Waals surface area contributed by atoms with E-state index in [2.05, 4.69) is 22.6 Å². The average molecular weight is 296 g/mol. The van der Waals surface area contributed by atoms with Crippen molar-refractivity contribution in [2.75, 3.05) is 4.43 Å². The molecule has 76 valence electrons. The van der Waals surface area contributed by atoms with Crippen LogP contribution in [0.2, 0.25) is 0 Å². The normalized spacial score (nSPS) is 12.8. The summed E-state index contributed by atoms with van der Waals surface area (Å²) in [4.78, 5) is 11.2. The Hall–Kier alpha value is -0.0600. The molecule has 0 rings (SSSR count). The van der Waals surface area contributed by atoms with Gasteiger partial charge in [0.2, 0.25) is 0 Å². The standard InChI is InChI=1S/C10H17IO2/c1-8(5-6-11)7-9(12)13-10(2,3)4/h7H,5-6H2,1-4H3. The molecular weight excluding hydrogens is 279 g/mol. The average Bonchev–Trinajstić information content (AvgIpc) is 1.81. The predicted molar refractivity (Wildman–Crippen MR) is 63.1 cm³/mol. The van der Waals surface area contributed by atoms with Gasteiger partial charge < -0.3 is 4.74 Å². The van der Waals surface area contributed by atoms with Crippen LogP contribution in [0.1, 0.15) is 34.1 Å². The van der Waals surface area contributed by atoms with Gasteiger partial charge in [-0.3, -0.25) is 0 Å². The third-order valence-electron chi connectivity index (χ3n) is 1.26. The van der Waals surface area contributed by atoms with Crippen LogP contribution in [-0.2, 0) is 9.53 Å². The van der Waals surface area contributed by atoms with Gasteiger partial charge in [-0.1, -0.05) is 28.2 Å². The Balaban J connectivity index is 4.07. The number of halogens is 1. The quantitative estimate of drug-likeness (QED) is 0.346. The maximum Gasteiger partial charge on any atom is 0.331 e. The maximum atomic E-state index is 11.2. The van der Waals surface area contributed by atoms with Gasteiger partial charge in [-0.25, -0.2) is 4.79 Å². The molecule has 0 amide bonds. The summed E-state index contributed by atoms with van der Waals surface area (Å²) in [7, 11) is 0. The van der Waals surface area contributed by atoms with Crippen molar-refractivity contribution in [1.82, 2.24) is 0 Å². The van der Waals surface area contributed by atoms with Gasteiger partial charge >= 0.3 is 5.97 Å². The van der Waals surface area contributed by atoms with Crippen LogP contribution in [0, 0.1) is 0 Å². The van der Waals surface area contributed by atoms with E-state index in [1.165, 1.54) is 0 Å². The third-order valence-corrected chi connectivity index (χ3v) is 1.80. The molecule has 13 heavy (non-hydrogen) atoms. The van der Waals surface area contributed by atoms with E-state index < -0.39 is 5.60 Å². The molecule has 0 aliphatic carbocycles. The van der Waals surface area contributed by atoms with Gasteiger partial charge in [0.25, 0.3) is 0 Å². The number of ether oxygens (including phenoxy) is 1. The zero-order valence-electron chi connectivity index (χ0n) is 8.69. The first kappa shape index (κ1) is 12.9. The van der Waals surface area contributed by atoms with E-state index in [1.54, 1.807) is 6.08 Å². The highest BCUT2D eigenvalue weighted by Gasteiger charge is 2.14. The summed E-state index contributed by atoms with van der Waals surface area (Å²) in [6.45, 7) is 7.55. The molecule has 0 aromatic heterocycles. The van der Waals surface area contributed by atoms with Crippen LogP contribution in [-0.4, -0.2) is 16.0 Å². The Labute approximate surface area is 93.9 Å². The smallest absolute Gasteiger partial charge is 0.331 e. The molecule has 2 nitrogen and oxygen atoms in total. The van der Waals surface area contributed by atoms with Crippen LogP contribution >= 0.6 is 22.6 Å². The van der Waals surface area contributed by atoms with Crippen LogP contribution < -0.4 is 0 Å². The van der Waals surface area contributed by atoms with Gasteiger partial charge in [0.1, 0.15) is 5.60 Å². The van der Waals surface area contributed by atoms with Gasteiger partial charge in [0, 0.05) is 10.5 Å². The second kappa shape index (κ2) is 5.62. The highest BCUT2D eigenvalue weighted by Crippen LogP contribution is 2.09. The Kier molecular flexibility index (Phi) is 5.60. The number of hydrogen-bond donors (Lipinski definition) is 0. The second-order valence-electron chi connectivity index (χ2n) is 3.96. The minimum Gasteiger partial charge on any atom is -0.457 e. The summed E-state index contributed by atoms with van der Waals surface area (Å²) in [5.74, 6) is -0.241. The summed E-state index contributed by atoms with van der Waals surface area (Å²) >= 11 is 2.28. The molecule has 0 bridgehead atoms. The van der Waals surface area contributed by atoms with Crippen LogP contribution in [0.15, 0.2) is 11.6 Å². The van der Waals surface area contributed by atoms with Gasteiger partial charge in [-0.2, -0.15) is 0 Å². The summed E-state index contributed by atoms with van der Waals surface area (Å²) in [5.41, 5.74) is 0.682. The lowest BCUT2D eigenvalue weighted by Crippen LogP contribution is -2.22. The van der Waals surface area contributed by atoms with E-state index in [1.807, 2.05) is 27.7 Å². The number of allylic oxidation sites excluding steroid dienone is 1. The molecule has 0 heterocycles. The zero-order chi connectivity index (χ0) is 10.5. The number of carbonyl (C=O) groups is 1. The fourth-order valence-electron chi connectivity index (χ4n) is 0.754. The van der Waals surface area contributed by atoms with Crippen LogP contribution in [0.3, 0.4) is 0 Å². The van der Waals surface area contributed by atoms with Gasteiger partial charge in [0.05, 0.1) is 0 Å². The number of rotatable bonds is 3. The van der Waals surface area contributed by atoms with Gasteiger partial charge in [-0.05, 0) is 34.1 Å². The van der Waals surface area contributed by atoms with Crippen molar-refractivity contribution in [2.24, 2.45) is 0 Å². The molecule has 0 aromatic carbocycles.